The van der Waals surface area contributed by atoms with Crippen molar-refractivity contribution in [1.29, 1.82) is 0 Å². The van der Waals surface area contributed by atoms with Gasteiger partial charge in [0.05, 0.1) is 6.61 Å². The van der Waals surface area contributed by atoms with Crippen LogP contribution < -0.4 is 10.2 Å². The fraction of sp³-hybridized carbons (Fsp3) is 0.562. The van der Waals surface area contributed by atoms with Crippen LogP contribution in [0, 0.1) is 6.92 Å². The molecule has 0 spiro atoms. The van der Waals surface area contributed by atoms with Crippen molar-refractivity contribution in [3.8, 4) is 0 Å². The van der Waals surface area contributed by atoms with Gasteiger partial charge in [0.2, 0.25) is 0 Å². The van der Waals surface area contributed by atoms with E-state index in [0.29, 0.717) is 6.61 Å². The molecule has 0 bridgehead atoms. The zero-order valence-corrected chi connectivity index (χ0v) is 13.0. The van der Waals surface area contributed by atoms with Gasteiger partial charge < -0.3 is 15.0 Å². The highest BCUT2D eigenvalue weighted by Crippen LogP contribution is 2.19. The first-order valence-corrected chi connectivity index (χ1v) is 7.28. The summed E-state index contributed by atoms with van der Waals surface area (Å²) in [6.07, 6.45) is 0.734. The zero-order valence-electron chi connectivity index (χ0n) is 13.0. The van der Waals surface area contributed by atoms with E-state index in [4.69, 9.17) is 4.74 Å². The number of esters is 1. The van der Waals surface area contributed by atoms with E-state index in [2.05, 4.69) is 36.2 Å². The Balaban J connectivity index is 2.65. The number of hydrogen-bond donors (Lipinski definition) is 1. The van der Waals surface area contributed by atoms with Crippen molar-refractivity contribution in [3.63, 3.8) is 0 Å². The second kappa shape index (κ2) is 8.59. The molecule has 0 saturated heterocycles. The molecule has 112 valence electrons. The number of nitrogens with one attached hydrogen (secondary N) is 1. The number of aryl methyl sites for hydroxylation is 1. The Bertz CT molecular complexity index is 421. The number of anilines is 1. The van der Waals surface area contributed by atoms with Gasteiger partial charge in [0.15, 0.2) is 0 Å². The van der Waals surface area contributed by atoms with Gasteiger partial charge in [0, 0.05) is 18.8 Å². The highest BCUT2D eigenvalue weighted by atomic mass is 16.5. The van der Waals surface area contributed by atoms with Crippen molar-refractivity contribution in [2.24, 2.45) is 0 Å². The van der Waals surface area contributed by atoms with Gasteiger partial charge in [-0.05, 0) is 45.9 Å². The first-order chi connectivity index (χ1) is 9.63. The normalized spacial score (nSPS) is 12.0. The number of carbonyl (C=O) groups is 1. The van der Waals surface area contributed by atoms with E-state index >= 15 is 0 Å². The second-order valence-electron chi connectivity index (χ2n) is 4.75. The summed E-state index contributed by atoms with van der Waals surface area (Å²) >= 11 is 0. The van der Waals surface area contributed by atoms with E-state index in [1.807, 2.05) is 19.1 Å². The molecule has 0 aliphatic carbocycles. The van der Waals surface area contributed by atoms with Crippen LogP contribution in [0.4, 0.5) is 5.69 Å². The third-order valence-electron chi connectivity index (χ3n) is 3.45. The largest absolute Gasteiger partial charge is 0.465 e. The van der Waals surface area contributed by atoms with Gasteiger partial charge in [-0.2, -0.15) is 0 Å². The summed E-state index contributed by atoms with van der Waals surface area (Å²) < 4.78 is 5.07. The van der Waals surface area contributed by atoms with Crippen LogP contribution in [-0.2, 0) is 9.53 Å². The van der Waals surface area contributed by atoms with Gasteiger partial charge in [-0.15, -0.1) is 0 Å². The molecular weight excluding hydrogens is 252 g/mol. The molecule has 0 amide bonds. The van der Waals surface area contributed by atoms with Crippen molar-refractivity contribution < 1.29 is 9.53 Å². The topological polar surface area (TPSA) is 41.6 Å². The maximum atomic E-state index is 11.8. The van der Waals surface area contributed by atoms with Crippen LogP contribution in [0.2, 0.25) is 0 Å². The van der Waals surface area contributed by atoms with Crippen molar-refractivity contribution >= 4 is 11.7 Å². The van der Waals surface area contributed by atoms with Crippen molar-refractivity contribution in [2.45, 2.75) is 33.2 Å². The highest BCUT2D eigenvalue weighted by Gasteiger charge is 2.18. The second-order valence-corrected chi connectivity index (χ2v) is 4.75. The number of ether oxygens (including phenoxy) is 1. The van der Waals surface area contributed by atoms with E-state index in [-0.39, 0.29) is 12.0 Å². The van der Waals surface area contributed by atoms with E-state index < -0.39 is 0 Å². The molecule has 0 heterocycles. The van der Waals surface area contributed by atoms with Gasteiger partial charge in [-0.1, -0.05) is 18.2 Å². The summed E-state index contributed by atoms with van der Waals surface area (Å²) in [6, 6.07) is 8.08. The van der Waals surface area contributed by atoms with E-state index in [0.717, 1.165) is 19.5 Å². The first-order valence-electron chi connectivity index (χ1n) is 7.28. The summed E-state index contributed by atoms with van der Waals surface area (Å²) in [5.41, 5.74) is 2.49. The monoisotopic (exact) mass is 278 g/mol. The molecule has 0 fully saturated rings. The Labute approximate surface area is 122 Å². The Morgan fingerprint density at radius 2 is 2.05 bits per heavy atom. The van der Waals surface area contributed by atoms with Crippen molar-refractivity contribution in [2.75, 3.05) is 31.6 Å². The van der Waals surface area contributed by atoms with Crippen LogP contribution in [0.25, 0.3) is 0 Å². The summed E-state index contributed by atoms with van der Waals surface area (Å²) in [6.45, 7) is 8.24. The molecular formula is C16H26N2O2. The minimum absolute atomic E-state index is 0.171. The quantitative estimate of drug-likeness (QED) is 0.741. The molecule has 0 aromatic heterocycles. The molecule has 0 radical (unpaired) electrons. The Kier molecular flexibility index (Phi) is 7.09. The summed E-state index contributed by atoms with van der Waals surface area (Å²) in [5, 5.41) is 3.03. The maximum Gasteiger partial charge on any atom is 0.323 e. The van der Waals surface area contributed by atoms with Gasteiger partial charge in [0.1, 0.15) is 6.04 Å². The first kappa shape index (κ1) is 16.5. The predicted molar refractivity (Wildman–Crippen MR) is 83.2 cm³/mol. The minimum Gasteiger partial charge on any atom is -0.465 e. The fourth-order valence-electron chi connectivity index (χ4n) is 2.27. The lowest BCUT2D eigenvalue weighted by atomic mass is 10.1. The number of para-hydroxylation sites is 1. The van der Waals surface area contributed by atoms with Crippen LogP contribution in [0.1, 0.15) is 25.8 Å². The number of benzene rings is 1. The molecule has 1 N–H and O–H groups in total. The van der Waals surface area contributed by atoms with Gasteiger partial charge in [0.25, 0.3) is 0 Å². The molecule has 0 saturated carbocycles. The fourth-order valence-corrected chi connectivity index (χ4v) is 2.27. The van der Waals surface area contributed by atoms with E-state index in [1.54, 1.807) is 7.05 Å². The molecule has 0 aliphatic heterocycles. The zero-order chi connectivity index (χ0) is 15.0. The Morgan fingerprint density at radius 3 is 2.60 bits per heavy atom. The number of nitrogens with zero attached hydrogens (tertiary/aromatic N) is 1. The Hall–Kier alpha value is -1.55. The Morgan fingerprint density at radius 1 is 1.35 bits per heavy atom. The molecule has 1 aromatic carbocycles. The molecule has 20 heavy (non-hydrogen) atoms. The number of hydrogen-bond acceptors (Lipinski definition) is 4. The number of likely N-dealkylation sites (N-methyl/N-ethyl adjacent to an activating group) is 1. The molecule has 1 rings (SSSR count). The summed E-state index contributed by atoms with van der Waals surface area (Å²) in [5.74, 6) is -0.171. The highest BCUT2D eigenvalue weighted by molar-refractivity contribution is 5.75. The lowest BCUT2D eigenvalue weighted by molar-refractivity contribution is -0.145. The summed E-state index contributed by atoms with van der Waals surface area (Å²) in [7, 11) is 1.80. The molecule has 0 aliphatic rings. The smallest absolute Gasteiger partial charge is 0.323 e. The van der Waals surface area contributed by atoms with Crippen LogP contribution >= 0.6 is 0 Å². The lowest BCUT2D eigenvalue weighted by Gasteiger charge is -2.26. The predicted octanol–water partition coefficient (Wildman–Crippen LogP) is 2.36. The van der Waals surface area contributed by atoms with E-state index in [1.165, 1.54) is 11.3 Å². The van der Waals surface area contributed by atoms with Crippen molar-refractivity contribution in [1.82, 2.24) is 5.32 Å². The molecule has 4 nitrogen and oxygen atoms in total. The molecule has 1 unspecified atom stereocenters. The van der Waals surface area contributed by atoms with Crippen molar-refractivity contribution in [3.05, 3.63) is 29.8 Å². The van der Waals surface area contributed by atoms with Crippen LogP contribution in [0.3, 0.4) is 0 Å². The standard InChI is InChI=1S/C16H26N2O2/c1-5-18(15-10-8-7-9-13(15)3)12-11-14(17-4)16(19)20-6-2/h7-10,14,17H,5-6,11-12H2,1-4H3. The van der Waals surface area contributed by atoms with Crippen LogP contribution in [0.5, 0.6) is 0 Å². The molecule has 4 heteroatoms. The summed E-state index contributed by atoms with van der Waals surface area (Å²) in [4.78, 5) is 14.1. The molecule has 1 atom stereocenters. The third kappa shape index (κ3) is 4.53. The maximum absolute atomic E-state index is 11.8. The average Bonchev–Trinajstić information content (AvgIpc) is 2.45. The van der Waals surface area contributed by atoms with Gasteiger partial charge in [-0.25, -0.2) is 0 Å². The van der Waals surface area contributed by atoms with Crippen LogP contribution in [-0.4, -0.2) is 38.8 Å². The van der Waals surface area contributed by atoms with Gasteiger partial charge >= 0.3 is 5.97 Å². The minimum atomic E-state index is -0.243. The number of carbonyl (C=O) groups excluding carboxylic acids is 1. The number of rotatable bonds is 8. The van der Waals surface area contributed by atoms with E-state index in [9.17, 15) is 4.79 Å². The van der Waals surface area contributed by atoms with Crippen LogP contribution in [0.15, 0.2) is 24.3 Å². The SMILES string of the molecule is CCOC(=O)C(CCN(CC)c1ccccc1C)NC. The van der Waals surface area contributed by atoms with Gasteiger partial charge in [-0.3, -0.25) is 4.79 Å². The lowest BCUT2D eigenvalue weighted by Crippen LogP contribution is -2.39. The third-order valence-corrected chi connectivity index (χ3v) is 3.45. The average molecular weight is 278 g/mol. The molecule has 1 aromatic rings.